The van der Waals surface area contributed by atoms with Crippen molar-refractivity contribution in [2.75, 3.05) is 13.7 Å². The van der Waals surface area contributed by atoms with E-state index < -0.39 is 0 Å². The molecule has 0 saturated heterocycles. The molecule has 1 amide bonds. The molecule has 0 saturated carbocycles. The molecule has 6 nitrogen and oxygen atoms in total. The SMILES string of the molecule is COCc1ccc(CNC(=O)c2n[nH]c3c2CNCC3)cc1. The zero-order valence-corrected chi connectivity index (χ0v) is 12.6. The maximum absolute atomic E-state index is 12.3. The second kappa shape index (κ2) is 6.72. The number of aromatic nitrogens is 2. The molecule has 0 atom stereocenters. The van der Waals surface area contributed by atoms with Gasteiger partial charge in [0.2, 0.25) is 0 Å². The van der Waals surface area contributed by atoms with E-state index >= 15 is 0 Å². The number of benzene rings is 1. The van der Waals surface area contributed by atoms with Crippen molar-refractivity contribution in [1.82, 2.24) is 20.8 Å². The van der Waals surface area contributed by atoms with Gasteiger partial charge >= 0.3 is 0 Å². The van der Waals surface area contributed by atoms with E-state index in [-0.39, 0.29) is 5.91 Å². The van der Waals surface area contributed by atoms with Gasteiger partial charge < -0.3 is 15.4 Å². The molecule has 0 fully saturated rings. The van der Waals surface area contributed by atoms with Crippen LogP contribution in [0.5, 0.6) is 0 Å². The third kappa shape index (κ3) is 3.18. The molecule has 1 aliphatic rings. The van der Waals surface area contributed by atoms with Crippen LogP contribution in [0.25, 0.3) is 0 Å². The van der Waals surface area contributed by atoms with Crippen molar-refractivity contribution in [2.24, 2.45) is 0 Å². The quantitative estimate of drug-likeness (QED) is 0.773. The van der Waals surface area contributed by atoms with E-state index in [1.54, 1.807) is 7.11 Å². The standard InChI is InChI=1S/C16H20N4O2/c1-22-10-12-4-2-11(3-5-12)8-18-16(21)15-13-9-17-7-6-14(13)19-20-15/h2-5,17H,6-10H2,1H3,(H,18,21)(H,19,20). The van der Waals surface area contributed by atoms with Gasteiger partial charge in [-0.05, 0) is 11.1 Å². The number of fused-ring (bicyclic) bond motifs is 1. The number of nitrogens with zero attached hydrogens (tertiary/aromatic N) is 1. The lowest BCUT2D eigenvalue weighted by atomic mass is 10.1. The Balaban J connectivity index is 1.61. The number of nitrogens with one attached hydrogen (secondary N) is 3. The van der Waals surface area contributed by atoms with E-state index in [2.05, 4.69) is 20.8 Å². The Hall–Kier alpha value is -2.18. The summed E-state index contributed by atoms with van der Waals surface area (Å²) in [5.41, 5.74) is 4.71. The summed E-state index contributed by atoms with van der Waals surface area (Å²) in [4.78, 5) is 12.3. The highest BCUT2D eigenvalue weighted by atomic mass is 16.5. The van der Waals surface area contributed by atoms with E-state index in [1.807, 2.05) is 24.3 Å². The number of methoxy groups -OCH3 is 1. The predicted octanol–water partition coefficient (Wildman–Crippen LogP) is 1.13. The molecular formula is C16H20N4O2. The molecule has 1 aromatic carbocycles. The maximum atomic E-state index is 12.3. The van der Waals surface area contributed by atoms with E-state index in [9.17, 15) is 4.79 Å². The number of carbonyl (C=O) groups is 1. The molecule has 3 rings (SSSR count). The van der Waals surface area contributed by atoms with Gasteiger partial charge in [0, 0.05) is 44.4 Å². The van der Waals surface area contributed by atoms with Crippen LogP contribution in [0.1, 0.15) is 32.9 Å². The molecule has 2 aromatic rings. The largest absolute Gasteiger partial charge is 0.380 e. The first-order valence-corrected chi connectivity index (χ1v) is 7.39. The summed E-state index contributed by atoms with van der Waals surface area (Å²) in [6.45, 7) is 2.70. The lowest BCUT2D eigenvalue weighted by molar-refractivity contribution is 0.0944. The summed E-state index contributed by atoms with van der Waals surface area (Å²) in [7, 11) is 1.67. The maximum Gasteiger partial charge on any atom is 0.272 e. The van der Waals surface area contributed by atoms with Crippen LogP contribution >= 0.6 is 0 Å². The van der Waals surface area contributed by atoms with Crippen LogP contribution in [0.15, 0.2) is 24.3 Å². The molecule has 0 unspecified atom stereocenters. The molecular weight excluding hydrogens is 280 g/mol. The molecule has 22 heavy (non-hydrogen) atoms. The molecule has 0 spiro atoms. The van der Waals surface area contributed by atoms with Crippen LogP contribution in [0, 0.1) is 0 Å². The zero-order chi connectivity index (χ0) is 15.4. The third-order valence-electron chi connectivity index (χ3n) is 3.81. The van der Waals surface area contributed by atoms with E-state index in [1.165, 1.54) is 0 Å². The normalized spacial score (nSPS) is 13.7. The van der Waals surface area contributed by atoms with Gasteiger partial charge in [0.25, 0.3) is 5.91 Å². The van der Waals surface area contributed by atoms with Crippen LogP contribution in [0.4, 0.5) is 0 Å². The Kier molecular flexibility index (Phi) is 4.50. The van der Waals surface area contributed by atoms with Crippen molar-refractivity contribution in [3.8, 4) is 0 Å². The molecule has 1 aliphatic heterocycles. The Bertz CT molecular complexity index is 649. The Morgan fingerprint density at radius 3 is 2.86 bits per heavy atom. The average Bonchev–Trinajstić information content (AvgIpc) is 2.98. The minimum atomic E-state index is -0.137. The molecule has 116 valence electrons. The Morgan fingerprint density at radius 1 is 1.32 bits per heavy atom. The first kappa shape index (κ1) is 14.7. The second-order valence-electron chi connectivity index (χ2n) is 5.39. The summed E-state index contributed by atoms with van der Waals surface area (Å²) in [5.74, 6) is -0.137. The van der Waals surface area contributed by atoms with Gasteiger partial charge in [-0.3, -0.25) is 9.89 Å². The number of hydrogen-bond acceptors (Lipinski definition) is 4. The second-order valence-corrected chi connectivity index (χ2v) is 5.39. The van der Waals surface area contributed by atoms with Gasteiger partial charge in [-0.25, -0.2) is 0 Å². The monoisotopic (exact) mass is 300 g/mol. The van der Waals surface area contributed by atoms with Crippen LogP contribution in [-0.4, -0.2) is 29.8 Å². The van der Waals surface area contributed by atoms with Gasteiger partial charge in [-0.1, -0.05) is 24.3 Å². The van der Waals surface area contributed by atoms with Gasteiger partial charge in [0.15, 0.2) is 5.69 Å². The first-order chi connectivity index (χ1) is 10.8. The number of H-pyrrole nitrogens is 1. The zero-order valence-electron chi connectivity index (χ0n) is 12.6. The molecule has 2 heterocycles. The van der Waals surface area contributed by atoms with Crippen molar-refractivity contribution in [3.63, 3.8) is 0 Å². The summed E-state index contributed by atoms with van der Waals surface area (Å²) in [5, 5.41) is 13.3. The number of aromatic amines is 1. The predicted molar refractivity (Wildman–Crippen MR) is 82.3 cm³/mol. The molecule has 1 aromatic heterocycles. The molecule has 0 radical (unpaired) electrons. The number of ether oxygens (including phenoxy) is 1. The number of rotatable bonds is 5. The molecule has 3 N–H and O–H groups in total. The third-order valence-corrected chi connectivity index (χ3v) is 3.81. The molecule has 0 aliphatic carbocycles. The van der Waals surface area contributed by atoms with Crippen molar-refractivity contribution in [3.05, 3.63) is 52.3 Å². The fourth-order valence-electron chi connectivity index (χ4n) is 2.60. The fourth-order valence-corrected chi connectivity index (χ4v) is 2.60. The smallest absolute Gasteiger partial charge is 0.272 e. The Morgan fingerprint density at radius 2 is 2.09 bits per heavy atom. The van der Waals surface area contributed by atoms with Crippen molar-refractivity contribution < 1.29 is 9.53 Å². The summed E-state index contributed by atoms with van der Waals surface area (Å²) in [6, 6.07) is 8.00. The van der Waals surface area contributed by atoms with Crippen LogP contribution in [0.2, 0.25) is 0 Å². The van der Waals surface area contributed by atoms with Gasteiger partial charge in [-0.2, -0.15) is 5.10 Å². The topological polar surface area (TPSA) is 79.0 Å². The van der Waals surface area contributed by atoms with Gasteiger partial charge in [0.05, 0.1) is 6.61 Å². The lowest BCUT2D eigenvalue weighted by Gasteiger charge is -2.13. The average molecular weight is 300 g/mol. The van der Waals surface area contributed by atoms with Gasteiger partial charge in [0.1, 0.15) is 0 Å². The van der Waals surface area contributed by atoms with E-state index in [0.29, 0.717) is 25.4 Å². The lowest BCUT2D eigenvalue weighted by Crippen LogP contribution is -2.28. The van der Waals surface area contributed by atoms with Crippen LogP contribution in [-0.2, 0) is 30.9 Å². The van der Waals surface area contributed by atoms with Crippen molar-refractivity contribution in [2.45, 2.75) is 26.1 Å². The number of hydrogen-bond donors (Lipinski definition) is 3. The summed E-state index contributed by atoms with van der Waals surface area (Å²) < 4.78 is 5.08. The fraction of sp³-hybridized carbons (Fsp3) is 0.375. The van der Waals surface area contributed by atoms with Crippen molar-refractivity contribution in [1.29, 1.82) is 0 Å². The summed E-state index contributed by atoms with van der Waals surface area (Å²) in [6.07, 6.45) is 0.885. The first-order valence-electron chi connectivity index (χ1n) is 7.39. The number of amides is 1. The van der Waals surface area contributed by atoms with Crippen LogP contribution < -0.4 is 10.6 Å². The molecule has 6 heteroatoms. The highest BCUT2D eigenvalue weighted by molar-refractivity contribution is 5.94. The number of carbonyl (C=O) groups excluding carboxylic acids is 1. The molecule has 0 bridgehead atoms. The van der Waals surface area contributed by atoms with E-state index in [0.717, 1.165) is 35.3 Å². The highest BCUT2D eigenvalue weighted by Crippen LogP contribution is 2.15. The minimum absolute atomic E-state index is 0.137. The van der Waals surface area contributed by atoms with Crippen LogP contribution in [0.3, 0.4) is 0 Å². The van der Waals surface area contributed by atoms with Gasteiger partial charge in [-0.15, -0.1) is 0 Å². The summed E-state index contributed by atoms with van der Waals surface area (Å²) >= 11 is 0. The van der Waals surface area contributed by atoms with Crippen molar-refractivity contribution >= 4 is 5.91 Å². The van der Waals surface area contributed by atoms with E-state index in [4.69, 9.17) is 4.74 Å². The minimum Gasteiger partial charge on any atom is -0.380 e. The Labute approximate surface area is 129 Å². The highest BCUT2D eigenvalue weighted by Gasteiger charge is 2.21.